The van der Waals surface area contributed by atoms with Gasteiger partial charge in [-0.25, -0.2) is 8.78 Å². The van der Waals surface area contributed by atoms with E-state index in [0.29, 0.717) is 5.56 Å². The van der Waals surface area contributed by atoms with Crippen LogP contribution in [0, 0.1) is 25.5 Å². The fourth-order valence-corrected chi connectivity index (χ4v) is 2.61. The Bertz CT molecular complexity index is 770. The lowest BCUT2D eigenvalue weighted by molar-refractivity contribution is -0.139. The van der Waals surface area contributed by atoms with E-state index in [-0.39, 0.29) is 28.8 Å². The molecule has 0 saturated carbocycles. The van der Waals surface area contributed by atoms with Crippen molar-refractivity contribution in [3.63, 3.8) is 0 Å². The molecule has 0 saturated heterocycles. The number of aryl methyl sites for hydroxylation is 2. The number of hydrogen-bond donors (Lipinski definition) is 1. The molecule has 0 aromatic heterocycles. The van der Waals surface area contributed by atoms with Crippen LogP contribution in [0.4, 0.5) is 22.0 Å². The van der Waals surface area contributed by atoms with Gasteiger partial charge in [-0.2, -0.15) is 13.2 Å². The number of rotatable bonds is 4. The summed E-state index contributed by atoms with van der Waals surface area (Å²) in [7, 11) is 0. The molecule has 0 aliphatic rings. The van der Waals surface area contributed by atoms with Crippen LogP contribution in [0.5, 0.6) is 0 Å². The number of hydrogen-bond acceptors (Lipinski definition) is 1. The van der Waals surface area contributed by atoms with Crippen LogP contribution >= 0.6 is 0 Å². The van der Waals surface area contributed by atoms with E-state index in [1.165, 1.54) is 44.2 Å². The lowest BCUT2D eigenvalue weighted by Crippen LogP contribution is -2.19. The maximum Gasteiger partial charge on any atom is 0.399 e. The van der Waals surface area contributed by atoms with Crippen molar-refractivity contribution in [1.29, 1.82) is 0 Å². The van der Waals surface area contributed by atoms with Crippen molar-refractivity contribution in [2.45, 2.75) is 32.5 Å². The Labute approximate surface area is 143 Å². The second kappa shape index (κ2) is 7.35. The zero-order valence-corrected chi connectivity index (χ0v) is 13.8. The highest BCUT2D eigenvalue weighted by Gasteiger charge is 2.39. The highest BCUT2D eigenvalue weighted by molar-refractivity contribution is 5.52. The Morgan fingerprint density at radius 3 is 2.12 bits per heavy atom. The normalized spacial score (nSPS) is 13.4. The summed E-state index contributed by atoms with van der Waals surface area (Å²) in [4.78, 5) is 0. The molecule has 2 rings (SSSR count). The minimum absolute atomic E-state index is 0.00906. The maximum absolute atomic E-state index is 13.7. The van der Waals surface area contributed by atoms with Crippen LogP contribution in [0.25, 0.3) is 6.08 Å². The van der Waals surface area contributed by atoms with Gasteiger partial charge in [-0.05, 0) is 42.2 Å². The summed E-state index contributed by atoms with van der Waals surface area (Å²) in [6.07, 6.45) is -2.40. The first-order valence-electron chi connectivity index (χ1n) is 7.63. The standard InChI is InChI=1S/C19H18F5N/c1-11-7-15(8-12(2)18(11)21)16(19(22,23)24)6-4-13-3-5-14(10-25)17(20)9-13/h3-9,16H,10,25H2,1-2H3/b6-4+. The molecule has 134 valence electrons. The molecule has 0 heterocycles. The van der Waals surface area contributed by atoms with Gasteiger partial charge in [-0.3, -0.25) is 0 Å². The zero-order valence-electron chi connectivity index (χ0n) is 13.8. The summed E-state index contributed by atoms with van der Waals surface area (Å²) in [5, 5.41) is 0. The minimum atomic E-state index is -4.55. The minimum Gasteiger partial charge on any atom is -0.326 e. The molecule has 0 aliphatic heterocycles. The second-order valence-electron chi connectivity index (χ2n) is 5.90. The van der Waals surface area contributed by atoms with E-state index in [2.05, 4.69) is 0 Å². The van der Waals surface area contributed by atoms with Gasteiger partial charge < -0.3 is 5.73 Å². The first-order chi connectivity index (χ1) is 11.6. The van der Waals surface area contributed by atoms with Crippen LogP contribution in [-0.4, -0.2) is 6.18 Å². The smallest absolute Gasteiger partial charge is 0.326 e. The molecular formula is C19H18F5N. The Hall–Kier alpha value is -2.21. The molecule has 2 aromatic carbocycles. The van der Waals surface area contributed by atoms with Gasteiger partial charge >= 0.3 is 6.18 Å². The summed E-state index contributed by atoms with van der Waals surface area (Å²) in [5.74, 6) is -3.00. The van der Waals surface area contributed by atoms with Gasteiger partial charge in [0.25, 0.3) is 0 Å². The molecule has 0 radical (unpaired) electrons. The van der Waals surface area contributed by atoms with Gasteiger partial charge in [-0.15, -0.1) is 0 Å². The van der Waals surface area contributed by atoms with E-state index in [1.807, 2.05) is 0 Å². The van der Waals surface area contributed by atoms with Gasteiger partial charge in [0.2, 0.25) is 0 Å². The Morgan fingerprint density at radius 1 is 1.04 bits per heavy atom. The summed E-state index contributed by atoms with van der Waals surface area (Å²) in [6, 6.07) is 6.43. The third-order valence-corrected chi connectivity index (χ3v) is 3.95. The lowest BCUT2D eigenvalue weighted by atomic mass is 9.93. The van der Waals surface area contributed by atoms with Crippen molar-refractivity contribution in [3.05, 3.63) is 75.9 Å². The van der Waals surface area contributed by atoms with Crippen LogP contribution in [0.3, 0.4) is 0 Å². The predicted octanol–water partition coefficient (Wildman–Crippen LogP) is 5.40. The van der Waals surface area contributed by atoms with Crippen molar-refractivity contribution in [2.75, 3.05) is 0 Å². The molecule has 0 bridgehead atoms. The first-order valence-corrected chi connectivity index (χ1v) is 7.63. The van der Waals surface area contributed by atoms with Crippen molar-refractivity contribution in [1.82, 2.24) is 0 Å². The van der Waals surface area contributed by atoms with E-state index in [0.717, 1.165) is 12.1 Å². The molecule has 0 amide bonds. The van der Waals surface area contributed by atoms with E-state index in [9.17, 15) is 22.0 Å². The van der Waals surface area contributed by atoms with E-state index >= 15 is 0 Å². The van der Waals surface area contributed by atoms with Crippen molar-refractivity contribution in [3.8, 4) is 0 Å². The van der Waals surface area contributed by atoms with E-state index < -0.39 is 23.7 Å². The molecule has 0 spiro atoms. The van der Waals surface area contributed by atoms with Crippen LogP contribution in [0.1, 0.15) is 33.7 Å². The van der Waals surface area contributed by atoms with Gasteiger partial charge in [0.15, 0.2) is 0 Å². The molecule has 0 aliphatic carbocycles. The van der Waals surface area contributed by atoms with Crippen molar-refractivity contribution >= 4 is 6.08 Å². The van der Waals surface area contributed by atoms with Crippen LogP contribution in [0.15, 0.2) is 36.4 Å². The fraction of sp³-hybridized carbons (Fsp3) is 0.263. The third-order valence-electron chi connectivity index (χ3n) is 3.95. The summed E-state index contributed by atoms with van der Waals surface area (Å²) < 4.78 is 67.7. The van der Waals surface area contributed by atoms with Crippen molar-refractivity contribution in [2.24, 2.45) is 5.73 Å². The van der Waals surface area contributed by atoms with Gasteiger partial charge in [0, 0.05) is 12.1 Å². The van der Waals surface area contributed by atoms with Crippen LogP contribution < -0.4 is 5.73 Å². The highest BCUT2D eigenvalue weighted by atomic mass is 19.4. The number of benzene rings is 2. The third kappa shape index (κ3) is 4.45. The van der Waals surface area contributed by atoms with E-state index in [1.54, 1.807) is 0 Å². The predicted molar refractivity (Wildman–Crippen MR) is 88.0 cm³/mol. The Balaban J connectivity index is 2.41. The lowest BCUT2D eigenvalue weighted by Gasteiger charge is -2.19. The second-order valence-corrected chi connectivity index (χ2v) is 5.90. The summed E-state index contributed by atoms with van der Waals surface area (Å²) in [6.45, 7) is 2.85. The molecule has 6 heteroatoms. The number of nitrogens with two attached hydrogens (primary N) is 1. The molecular weight excluding hydrogens is 337 g/mol. The number of alkyl halides is 3. The average Bonchev–Trinajstić information content (AvgIpc) is 2.51. The quantitative estimate of drug-likeness (QED) is 0.730. The summed E-state index contributed by atoms with van der Waals surface area (Å²) >= 11 is 0. The van der Waals surface area contributed by atoms with Gasteiger partial charge in [0.05, 0.1) is 5.92 Å². The fourth-order valence-electron chi connectivity index (χ4n) is 2.61. The molecule has 1 unspecified atom stereocenters. The number of halogens is 5. The Morgan fingerprint density at radius 2 is 1.64 bits per heavy atom. The highest BCUT2D eigenvalue weighted by Crippen LogP contribution is 2.37. The number of allylic oxidation sites excluding steroid dienone is 1. The van der Waals surface area contributed by atoms with Gasteiger partial charge in [-0.1, -0.05) is 36.4 Å². The molecule has 25 heavy (non-hydrogen) atoms. The average molecular weight is 355 g/mol. The summed E-state index contributed by atoms with van der Waals surface area (Å²) in [5.41, 5.74) is 6.18. The van der Waals surface area contributed by atoms with Crippen LogP contribution in [0.2, 0.25) is 0 Å². The van der Waals surface area contributed by atoms with Crippen LogP contribution in [-0.2, 0) is 6.54 Å². The maximum atomic E-state index is 13.7. The largest absolute Gasteiger partial charge is 0.399 e. The molecule has 2 aromatic rings. The molecule has 1 atom stereocenters. The van der Waals surface area contributed by atoms with E-state index in [4.69, 9.17) is 5.73 Å². The molecule has 0 fully saturated rings. The Kier molecular flexibility index (Phi) is 5.62. The van der Waals surface area contributed by atoms with Gasteiger partial charge in [0.1, 0.15) is 11.6 Å². The van der Waals surface area contributed by atoms with Crippen molar-refractivity contribution < 1.29 is 22.0 Å². The topological polar surface area (TPSA) is 26.0 Å². The SMILES string of the molecule is Cc1cc(C(/C=C/c2ccc(CN)c(F)c2)C(F)(F)F)cc(C)c1F. The zero-order chi connectivity index (χ0) is 18.8. The monoisotopic (exact) mass is 355 g/mol. The molecule has 2 N–H and O–H groups in total. The first kappa shape index (κ1) is 19.1. The molecule has 1 nitrogen and oxygen atoms in total.